The molecule has 0 atom stereocenters. The highest BCUT2D eigenvalue weighted by Crippen LogP contribution is 2.11. The molecule has 0 amide bonds. The Morgan fingerprint density at radius 2 is 1.95 bits per heavy atom. The van der Waals surface area contributed by atoms with Gasteiger partial charge in [0.05, 0.1) is 16.3 Å². The van der Waals surface area contributed by atoms with E-state index in [0.717, 1.165) is 11.5 Å². The molecule has 2 aromatic rings. The van der Waals surface area contributed by atoms with Gasteiger partial charge in [-0.25, -0.2) is 8.42 Å². The van der Waals surface area contributed by atoms with Crippen molar-refractivity contribution in [2.45, 2.75) is 18.4 Å². The molecule has 1 aromatic heterocycles. The first-order valence-corrected chi connectivity index (χ1v) is 8.01. The van der Waals surface area contributed by atoms with Crippen molar-refractivity contribution in [2.75, 3.05) is 19.3 Å². The molecule has 0 bridgehead atoms. The monoisotopic (exact) mass is 294 g/mol. The summed E-state index contributed by atoms with van der Waals surface area (Å²) in [5, 5.41) is 3.89. The Labute approximate surface area is 119 Å². The van der Waals surface area contributed by atoms with E-state index in [-0.39, 0.29) is 5.75 Å². The predicted octanol–water partition coefficient (Wildman–Crippen LogP) is 1.89. The van der Waals surface area contributed by atoms with Gasteiger partial charge in [-0.05, 0) is 26.1 Å². The lowest BCUT2D eigenvalue weighted by molar-refractivity contribution is 0.323. The molecule has 0 spiro atoms. The quantitative estimate of drug-likeness (QED) is 0.814. The molecule has 1 aromatic carbocycles. The number of aromatic nitrogens is 1. The summed E-state index contributed by atoms with van der Waals surface area (Å²) in [6, 6.07) is 10.4. The van der Waals surface area contributed by atoms with Gasteiger partial charge in [0.25, 0.3) is 0 Å². The molecule has 2 rings (SSSR count). The van der Waals surface area contributed by atoms with Crippen LogP contribution in [0.2, 0.25) is 0 Å². The van der Waals surface area contributed by atoms with Crippen LogP contribution >= 0.6 is 0 Å². The van der Waals surface area contributed by atoms with Crippen LogP contribution in [0.4, 0.5) is 0 Å². The first kappa shape index (κ1) is 14.7. The van der Waals surface area contributed by atoms with Gasteiger partial charge in [0.15, 0.2) is 9.84 Å². The zero-order valence-corrected chi connectivity index (χ0v) is 12.4. The predicted molar refractivity (Wildman–Crippen MR) is 76.1 cm³/mol. The highest BCUT2D eigenvalue weighted by Gasteiger charge is 2.15. The van der Waals surface area contributed by atoms with Gasteiger partial charge >= 0.3 is 0 Å². The standard InChI is InChI=1S/C14H18N2O3S/c1-12-10-13(15-19-12)11-16(2)8-9-20(17,18)14-6-4-3-5-7-14/h3-7,10H,8-9,11H2,1-2H3. The van der Waals surface area contributed by atoms with Crippen LogP contribution in [0, 0.1) is 6.92 Å². The molecule has 0 saturated heterocycles. The molecule has 0 unspecified atom stereocenters. The van der Waals surface area contributed by atoms with Crippen LogP contribution in [0.25, 0.3) is 0 Å². The van der Waals surface area contributed by atoms with Crippen LogP contribution in [0.1, 0.15) is 11.5 Å². The first-order valence-electron chi connectivity index (χ1n) is 6.36. The van der Waals surface area contributed by atoms with Crippen LogP contribution in [0.15, 0.2) is 45.8 Å². The lowest BCUT2D eigenvalue weighted by Crippen LogP contribution is -2.25. The number of hydrogen-bond acceptors (Lipinski definition) is 5. The lowest BCUT2D eigenvalue weighted by atomic mass is 10.3. The molecule has 0 N–H and O–H groups in total. The maximum Gasteiger partial charge on any atom is 0.179 e. The summed E-state index contributed by atoms with van der Waals surface area (Å²) in [4.78, 5) is 2.28. The van der Waals surface area contributed by atoms with Crippen LogP contribution in [0.5, 0.6) is 0 Å². The summed E-state index contributed by atoms with van der Waals surface area (Å²) in [7, 11) is -1.36. The van der Waals surface area contributed by atoms with E-state index in [1.165, 1.54) is 0 Å². The van der Waals surface area contributed by atoms with Crippen molar-refractivity contribution in [1.82, 2.24) is 10.1 Å². The van der Waals surface area contributed by atoms with Gasteiger partial charge in [-0.2, -0.15) is 0 Å². The van der Waals surface area contributed by atoms with E-state index in [0.29, 0.717) is 18.0 Å². The second kappa shape index (κ2) is 6.19. The molecule has 0 aliphatic carbocycles. The zero-order chi connectivity index (χ0) is 14.6. The van der Waals surface area contributed by atoms with Gasteiger partial charge in [0.1, 0.15) is 5.76 Å². The number of benzene rings is 1. The minimum Gasteiger partial charge on any atom is -0.361 e. The van der Waals surface area contributed by atoms with Crippen LogP contribution in [-0.4, -0.2) is 37.8 Å². The second-order valence-electron chi connectivity index (χ2n) is 4.80. The van der Waals surface area contributed by atoms with Crippen molar-refractivity contribution in [1.29, 1.82) is 0 Å². The zero-order valence-electron chi connectivity index (χ0n) is 11.6. The molecule has 6 heteroatoms. The highest BCUT2D eigenvalue weighted by molar-refractivity contribution is 7.91. The second-order valence-corrected chi connectivity index (χ2v) is 6.91. The molecule has 0 radical (unpaired) electrons. The Morgan fingerprint density at radius 1 is 1.25 bits per heavy atom. The molecule has 0 fully saturated rings. The van der Waals surface area contributed by atoms with E-state index in [9.17, 15) is 8.42 Å². The van der Waals surface area contributed by atoms with Crippen molar-refractivity contribution in [3.63, 3.8) is 0 Å². The van der Waals surface area contributed by atoms with Gasteiger partial charge in [0.2, 0.25) is 0 Å². The van der Waals surface area contributed by atoms with E-state index in [4.69, 9.17) is 4.52 Å². The van der Waals surface area contributed by atoms with E-state index in [1.54, 1.807) is 30.3 Å². The first-order chi connectivity index (χ1) is 9.47. The maximum atomic E-state index is 12.1. The number of rotatable bonds is 6. The summed E-state index contributed by atoms with van der Waals surface area (Å²) in [6.07, 6.45) is 0. The summed E-state index contributed by atoms with van der Waals surface area (Å²) in [5.41, 5.74) is 0.808. The van der Waals surface area contributed by atoms with Gasteiger partial charge in [-0.1, -0.05) is 23.4 Å². The fourth-order valence-electron chi connectivity index (χ4n) is 1.87. The maximum absolute atomic E-state index is 12.1. The molecule has 5 nitrogen and oxygen atoms in total. The summed E-state index contributed by atoms with van der Waals surface area (Å²) in [5.74, 6) is 0.843. The largest absolute Gasteiger partial charge is 0.361 e. The third kappa shape index (κ3) is 3.91. The average molecular weight is 294 g/mol. The van der Waals surface area contributed by atoms with Crippen molar-refractivity contribution in [2.24, 2.45) is 0 Å². The van der Waals surface area contributed by atoms with E-state index >= 15 is 0 Å². The van der Waals surface area contributed by atoms with Crippen molar-refractivity contribution >= 4 is 9.84 Å². The molecular weight excluding hydrogens is 276 g/mol. The Balaban J connectivity index is 1.91. The van der Waals surface area contributed by atoms with Gasteiger partial charge in [0, 0.05) is 19.2 Å². The lowest BCUT2D eigenvalue weighted by Gasteiger charge is -2.14. The summed E-state index contributed by atoms with van der Waals surface area (Å²) < 4.78 is 29.2. The SMILES string of the molecule is Cc1cc(CN(C)CCS(=O)(=O)c2ccccc2)no1. The van der Waals surface area contributed by atoms with Gasteiger partial charge in [-0.3, -0.25) is 4.90 Å². The van der Waals surface area contributed by atoms with Gasteiger partial charge in [-0.15, -0.1) is 0 Å². The van der Waals surface area contributed by atoms with Crippen molar-refractivity contribution < 1.29 is 12.9 Å². The molecule has 108 valence electrons. The third-order valence-corrected chi connectivity index (χ3v) is 4.66. The van der Waals surface area contributed by atoms with Crippen LogP contribution in [-0.2, 0) is 16.4 Å². The molecular formula is C14H18N2O3S. The Bertz CT molecular complexity index is 650. The fourth-order valence-corrected chi connectivity index (χ4v) is 3.23. The Hall–Kier alpha value is -1.66. The Kier molecular flexibility index (Phi) is 4.57. The number of hydrogen-bond donors (Lipinski definition) is 0. The third-order valence-electron chi connectivity index (χ3n) is 2.95. The van der Waals surface area contributed by atoms with E-state index in [2.05, 4.69) is 5.16 Å². The van der Waals surface area contributed by atoms with E-state index < -0.39 is 9.84 Å². The Morgan fingerprint density at radius 3 is 2.55 bits per heavy atom. The van der Waals surface area contributed by atoms with E-state index in [1.807, 2.05) is 24.9 Å². The van der Waals surface area contributed by atoms with Crippen molar-refractivity contribution in [3.8, 4) is 0 Å². The summed E-state index contributed by atoms with van der Waals surface area (Å²) in [6.45, 7) is 2.85. The average Bonchev–Trinajstić information content (AvgIpc) is 2.83. The van der Waals surface area contributed by atoms with Crippen molar-refractivity contribution in [3.05, 3.63) is 47.9 Å². The minimum atomic E-state index is -3.23. The van der Waals surface area contributed by atoms with Gasteiger partial charge < -0.3 is 4.52 Å². The smallest absolute Gasteiger partial charge is 0.179 e. The highest BCUT2D eigenvalue weighted by atomic mass is 32.2. The summed E-state index contributed by atoms with van der Waals surface area (Å²) >= 11 is 0. The number of sulfone groups is 1. The topological polar surface area (TPSA) is 63.4 Å². The normalized spacial score (nSPS) is 11.9. The number of aryl methyl sites for hydroxylation is 1. The fraction of sp³-hybridized carbons (Fsp3) is 0.357. The molecule has 0 saturated carbocycles. The molecule has 0 aliphatic heterocycles. The minimum absolute atomic E-state index is 0.0876. The van der Waals surface area contributed by atoms with Crippen LogP contribution in [0.3, 0.4) is 0 Å². The molecule has 0 aliphatic rings. The number of nitrogens with zero attached hydrogens (tertiary/aromatic N) is 2. The molecule has 20 heavy (non-hydrogen) atoms. The van der Waals surface area contributed by atoms with Crippen LogP contribution < -0.4 is 0 Å². The molecule has 1 heterocycles.